The standard InChI is InChI=1S/C32H42N6O3S/c1-8-25-26(20-33)30(36-29(28(25)34-6)38-17-9-16-37(7)18-19-38)42-21-24-12-10-23(11-13-24)14-15-27(39)22(2)35-31(40)41-32(3,4)5/h10-13,22H,8-9,14-19,21H2,1-5,7H3,(H,35,40)/t22-/m1/s1. The first-order valence-corrected chi connectivity index (χ1v) is 15.4. The third-order valence-corrected chi connectivity index (χ3v) is 8.14. The van der Waals surface area contributed by atoms with Crippen LogP contribution in [0.15, 0.2) is 29.3 Å². The number of aromatic nitrogens is 1. The molecule has 10 heteroatoms. The van der Waals surface area contributed by atoms with Crippen LogP contribution in [-0.4, -0.2) is 66.6 Å². The summed E-state index contributed by atoms with van der Waals surface area (Å²) in [7, 11) is 2.11. The SMILES string of the molecule is [C-]#[N+]c1c(N2CCCN(C)CC2)nc(SCc2ccc(CCC(=O)[C@@H](C)NC(=O)OC(C)(C)C)cc2)c(C#N)c1CC. The van der Waals surface area contributed by atoms with Crippen molar-refractivity contribution in [2.45, 2.75) is 82.7 Å². The van der Waals surface area contributed by atoms with E-state index in [0.717, 1.165) is 49.3 Å². The Bertz CT molecular complexity index is 1340. The summed E-state index contributed by atoms with van der Waals surface area (Å²) in [6.45, 7) is 20.4. The molecule has 1 aliphatic rings. The Balaban J connectivity index is 1.66. The number of likely N-dealkylation sites (N-methyl/N-ethyl adjacent to an activating group) is 1. The molecule has 0 spiro atoms. The van der Waals surface area contributed by atoms with Gasteiger partial charge >= 0.3 is 6.09 Å². The number of hydrogen-bond acceptors (Lipinski definition) is 8. The highest BCUT2D eigenvalue weighted by Gasteiger charge is 2.25. The van der Waals surface area contributed by atoms with E-state index in [1.54, 1.807) is 27.7 Å². The molecule has 1 atom stereocenters. The maximum Gasteiger partial charge on any atom is 0.408 e. The molecule has 1 amide bonds. The predicted octanol–water partition coefficient (Wildman–Crippen LogP) is 5.92. The number of Topliss-reactive ketones (excluding diaryl/α,β-unsaturated/α-hetero) is 1. The molecule has 1 fully saturated rings. The van der Waals surface area contributed by atoms with Crippen molar-refractivity contribution in [1.29, 1.82) is 5.26 Å². The van der Waals surface area contributed by atoms with Crippen LogP contribution in [0.5, 0.6) is 0 Å². The van der Waals surface area contributed by atoms with Gasteiger partial charge in [-0.3, -0.25) is 4.79 Å². The van der Waals surface area contributed by atoms with Crippen molar-refractivity contribution < 1.29 is 14.3 Å². The van der Waals surface area contributed by atoms with Gasteiger partial charge < -0.3 is 19.9 Å². The highest BCUT2D eigenvalue weighted by atomic mass is 32.2. The molecule has 1 aromatic heterocycles. The fourth-order valence-electron chi connectivity index (χ4n) is 4.75. The van der Waals surface area contributed by atoms with E-state index in [9.17, 15) is 14.9 Å². The number of pyridine rings is 1. The summed E-state index contributed by atoms with van der Waals surface area (Å²) >= 11 is 1.52. The summed E-state index contributed by atoms with van der Waals surface area (Å²) in [6, 6.07) is 9.77. The minimum atomic E-state index is -0.625. The Kier molecular flexibility index (Phi) is 11.8. The fourth-order valence-corrected chi connectivity index (χ4v) is 5.71. The summed E-state index contributed by atoms with van der Waals surface area (Å²) in [6.07, 6.45) is 1.87. The van der Waals surface area contributed by atoms with Crippen molar-refractivity contribution in [2.75, 3.05) is 38.1 Å². The van der Waals surface area contributed by atoms with E-state index in [2.05, 4.69) is 33.1 Å². The summed E-state index contributed by atoms with van der Waals surface area (Å²) in [5.74, 6) is 1.26. The Morgan fingerprint density at radius 3 is 2.50 bits per heavy atom. The summed E-state index contributed by atoms with van der Waals surface area (Å²) in [4.78, 5) is 37.7. The number of thioether (sulfide) groups is 1. The van der Waals surface area contributed by atoms with Crippen LogP contribution in [0.1, 0.15) is 69.7 Å². The lowest BCUT2D eigenvalue weighted by molar-refractivity contribution is -0.120. The average Bonchev–Trinajstić information content (AvgIpc) is 3.17. The van der Waals surface area contributed by atoms with E-state index in [1.807, 2.05) is 31.2 Å². The van der Waals surface area contributed by atoms with Crippen molar-refractivity contribution >= 4 is 35.1 Å². The van der Waals surface area contributed by atoms with Crippen LogP contribution in [0, 0.1) is 17.9 Å². The highest BCUT2D eigenvalue weighted by Crippen LogP contribution is 2.39. The van der Waals surface area contributed by atoms with Crippen molar-refractivity contribution in [3.8, 4) is 6.07 Å². The number of ketones is 1. The first-order chi connectivity index (χ1) is 19.9. The number of rotatable bonds is 10. The molecular weight excluding hydrogens is 548 g/mol. The first-order valence-electron chi connectivity index (χ1n) is 14.5. The van der Waals surface area contributed by atoms with Crippen LogP contribution in [0.3, 0.4) is 0 Å². The number of ether oxygens (including phenoxy) is 1. The van der Waals surface area contributed by atoms with Crippen LogP contribution in [0.25, 0.3) is 4.85 Å². The number of alkyl carbamates (subject to hydrolysis) is 1. The van der Waals surface area contributed by atoms with Gasteiger partial charge in [0.25, 0.3) is 0 Å². The molecule has 224 valence electrons. The molecule has 0 radical (unpaired) electrons. The molecule has 3 rings (SSSR count). The maximum absolute atomic E-state index is 12.5. The zero-order chi connectivity index (χ0) is 30.9. The number of anilines is 1. The van der Waals surface area contributed by atoms with Gasteiger partial charge in [-0.15, -0.1) is 11.8 Å². The Hall–Kier alpha value is -3.60. The van der Waals surface area contributed by atoms with Gasteiger partial charge in [0.15, 0.2) is 5.78 Å². The van der Waals surface area contributed by atoms with Crippen molar-refractivity contribution in [2.24, 2.45) is 0 Å². The number of carbonyl (C=O) groups excluding carboxylic acids is 2. The van der Waals surface area contributed by atoms with Gasteiger partial charge in [0.05, 0.1) is 18.2 Å². The van der Waals surface area contributed by atoms with Gasteiger partial charge in [-0.1, -0.05) is 31.2 Å². The zero-order valence-corrected chi connectivity index (χ0v) is 26.4. The molecule has 1 aliphatic heterocycles. The summed E-state index contributed by atoms with van der Waals surface area (Å²) in [5, 5.41) is 13.3. The minimum Gasteiger partial charge on any atom is -0.444 e. The number of nitriles is 1. The molecule has 9 nitrogen and oxygen atoms in total. The van der Waals surface area contributed by atoms with E-state index in [0.29, 0.717) is 47.1 Å². The number of aryl methyl sites for hydroxylation is 1. The first kappa shape index (κ1) is 32.9. The number of carbonyl (C=O) groups is 2. The number of benzene rings is 1. The third kappa shape index (κ3) is 9.20. The van der Waals surface area contributed by atoms with E-state index >= 15 is 0 Å². The van der Waals surface area contributed by atoms with Gasteiger partial charge in [-0.25, -0.2) is 14.6 Å². The van der Waals surface area contributed by atoms with Crippen molar-refractivity contribution in [3.63, 3.8) is 0 Å². The second-order valence-electron chi connectivity index (χ2n) is 11.6. The molecule has 0 saturated carbocycles. The lowest BCUT2D eigenvalue weighted by Gasteiger charge is -2.25. The Morgan fingerprint density at radius 2 is 1.88 bits per heavy atom. The topological polar surface area (TPSA) is 103 Å². The predicted molar refractivity (Wildman–Crippen MR) is 167 cm³/mol. The van der Waals surface area contributed by atoms with E-state index in [4.69, 9.17) is 16.3 Å². The lowest BCUT2D eigenvalue weighted by Crippen LogP contribution is -2.41. The van der Waals surface area contributed by atoms with Gasteiger partial charge in [-0.2, -0.15) is 5.26 Å². The van der Waals surface area contributed by atoms with Crippen LogP contribution in [0.4, 0.5) is 16.3 Å². The molecule has 0 unspecified atom stereocenters. The molecule has 1 aromatic carbocycles. The van der Waals surface area contributed by atoms with Gasteiger partial charge in [0.1, 0.15) is 22.5 Å². The van der Waals surface area contributed by atoms with E-state index in [1.165, 1.54) is 11.8 Å². The second kappa shape index (κ2) is 15.0. The molecule has 1 saturated heterocycles. The average molecular weight is 591 g/mol. The monoisotopic (exact) mass is 590 g/mol. The van der Waals surface area contributed by atoms with Gasteiger partial charge in [0.2, 0.25) is 5.69 Å². The number of nitrogens with zero attached hydrogens (tertiary/aromatic N) is 5. The highest BCUT2D eigenvalue weighted by molar-refractivity contribution is 7.98. The third-order valence-electron chi connectivity index (χ3n) is 7.09. The van der Waals surface area contributed by atoms with Crippen molar-refractivity contribution in [3.05, 3.63) is 57.9 Å². The zero-order valence-electron chi connectivity index (χ0n) is 25.6. The minimum absolute atomic E-state index is 0.0583. The molecule has 2 aromatic rings. The molecular formula is C32H42N6O3S. The van der Waals surface area contributed by atoms with E-state index in [-0.39, 0.29) is 5.78 Å². The van der Waals surface area contributed by atoms with E-state index < -0.39 is 17.7 Å². The number of nitrogens with one attached hydrogen (secondary N) is 1. The van der Waals surface area contributed by atoms with Crippen LogP contribution >= 0.6 is 11.8 Å². The fraction of sp³-hybridized carbons (Fsp3) is 0.531. The quantitative estimate of drug-likeness (QED) is 0.269. The summed E-state index contributed by atoms with van der Waals surface area (Å²) < 4.78 is 5.23. The summed E-state index contributed by atoms with van der Waals surface area (Å²) in [5.41, 5.74) is 3.25. The van der Waals surface area contributed by atoms with Gasteiger partial charge in [-0.05, 0) is 77.2 Å². The molecule has 42 heavy (non-hydrogen) atoms. The largest absolute Gasteiger partial charge is 0.444 e. The van der Waals surface area contributed by atoms with Gasteiger partial charge in [0, 0.05) is 31.8 Å². The molecule has 0 bridgehead atoms. The molecule has 0 aliphatic carbocycles. The van der Waals surface area contributed by atoms with Crippen LogP contribution < -0.4 is 10.2 Å². The van der Waals surface area contributed by atoms with Crippen LogP contribution in [0.2, 0.25) is 0 Å². The lowest BCUT2D eigenvalue weighted by atomic mass is 10.0. The smallest absolute Gasteiger partial charge is 0.408 e. The molecule has 1 N–H and O–H groups in total. The second-order valence-corrected chi connectivity index (χ2v) is 12.6. The Labute approximate surface area is 254 Å². The Morgan fingerprint density at radius 1 is 1.19 bits per heavy atom. The molecule has 2 heterocycles. The van der Waals surface area contributed by atoms with Crippen LogP contribution in [-0.2, 0) is 28.1 Å². The normalized spacial score (nSPS) is 14.8. The number of hydrogen-bond donors (Lipinski definition) is 1. The number of amides is 1. The maximum atomic E-state index is 12.5. The van der Waals surface area contributed by atoms with Crippen molar-refractivity contribution in [1.82, 2.24) is 15.2 Å².